The van der Waals surface area contributed by atoms with Crippen molar-refractivity contribution in [1.82, 2.24) is 24.9 Å². The lowest BCUT2D eigenvalue weighted by molar-refractivity contribution is -0.138. The molecule has 298 valence electrons. The summed E-state index contributed by atoms with van der Waals surface area (Å²) in [4.78, 5) is 69.7. The number of nitrogens with one attached hydrogen (secondary N) is 2. The normalized spacial score (nSPS) is 22.0. The zero-order chi connectivity index (χ0) is 40.4. The molecule has 5 aliphatic rings. The van der Waals surface area contributed by atoms with Crippen molar-refractivity contribution < 1.29 is 37.1 Å². The van der Waals surface area contributed by atoms with Crippen LogP contribution in [-0.2, 0) is 26.1 Å². The highest BCUT2D eigenvalue weighted by Gasteiger charge is 2.49. The molecule has 1 unspecified atom stereocenters. The number of carbonyl (C=O) groups excluding carboxylic acids is 5. The third kappa shape index (κ3) is 6.96. The SMILES string of the molecule is CC(C)(C(=O)Nc1ccc(C#N)c(C(F)(F)F)c1)n1cc(C2CCN(C3CC4(CCN(c5ccc6c(c5)C(=O)N(C5CCC(=O)NC5=O)C6=O)CC4)C3)CC2)cn1. The number of piperidine rings is 3. The average Bonchev–Trinajstić information content (AvgIpc) is 3.77. The summed E-state index contributed by atoms with van der Waals surface area (Å²) in [7, 11) is 0. The summed E-state index contributed by atoms with van der Waals surface area (Å²) in [5.41, 5.74) is -0.121. The first-order valence-electron chi connectivity index (χ1n) is 19.4. The lowest BCUT2D eigenvalue weighted by atomic mass is 9.59. The van der Waals surface area contributed by atoms with Gasteiger partial charge in [0.25, 0.3) is 17.7 Å². The van der Waals surface area contributed by atoms with Crippen LogP contribution in [0.15, 0.2) is 48.8 Å². The summed E-state index contributed by atoms with van der Waals surface area (Å²) in [5, 5.41) is 18.4. The molecule has 0 radical (unpaired) electrons. The minimum atomic E-state index is -4.74. The Morgan fingerprint density at radius 1 is 0.947 bits per heavy atom. The molecule has 4 aliphatic heterocycles. The molecule has 4 fully saturated rings. The number of hydrogen-bond donors (Lipinski definition) is 2. The Morgan fingerprint density at radius 3 is 2.32 bits per heavy atom. The van der Waals surface area contributed by atoms with Gasteiger partial charge in [-0.05, 0) is 125 Å². The van der Waals surface area contributed by atoms with E-state index >= 15 is 0 Å². The van der Waals surface area contributed by atoms with E-state index in [4.69, 9.17) is 5.26 Å². The van der Waals surface area contributed by atoms with E-state index in [1.807, 2.05) is 12.3 Å². The molecule has 1 saturated carbocycles. The number of halogens is 3. The van der Waals surface area contributed by atoms with E-state index < -0.39 is 58.4 Å². The first-order chi connectivity index (χ1) is 27.1. The summed E-state index contributed by atoms with van der Waals surface area (Å²) in [5.74, 6) is -2.30. The fourth-order valence-electron chi connectivity index (χ4n) is 9.29. The van der Waals surface area contributed by atoms with Crippen molar-refractivity contribution in [2.75, 3.05) is 36.4 Å². The molecule has 1 aromatic heterocycles. The molecular weight excluding hydrogens is 741 g/mol. The maximum Gasteiger partial charge on any atom is 0.417 e. The minimum absolute atomic E-state index is 0.0559. The van der Waals surface area contributed by atoms with Crippen molar-refractivity contribution in [3.8, 4) is 6.07 Å². The van der Waals surface area contributed by atoms with Crippen LogP contribution in [0.2, 0.25) is 0 Å². The molecule has 1 spiro atoms. The number of anilines is 2. The van der Waals surface area contributed by atoms with Crippen molar-refractivity contribution in [3.05, 3.63) is 76.6 Å². The fraction of sp³-hybridized carbons (Fsp3) is 0.488. The molecule has 2 N–H and O–H groups in total. The van der Waals surface area contributed by atoms with E-state index in [9.17, 15) is 37.1 Å². The quantitative estimate of drug-likeness (QED) is 0.308. The van der Waals surface area contributed by atoms with Crippen LogP contribution >= 0.6 is 0 Å². The number of carbonyl (C=O) groups is 5. The van der Waals surface area contributed by atoms with Crippen molar-refractivity contribution in [1.29, 1.82) is 5.26 Å². The maximum atomic E-state index is 13.5. The summed E-state index contributed by atoms with van der Waals surface area (Å²) in [6.07, 6.45) is 5.31. The van der Waals surface area contributed by atoms with Crippen LogP contribution in [0.1, 0.15) is 109 Å². The zero-order valence-corrected chi connectivity index (χ0v) is 31.7. The van der Waals surface area contributed by atoms with Gasteiger partial charge in [-0.1, -0.05) is 0 Å². The second-order valence-corrected chi connectivity index (χ2v) is 16.6. The Labute approximate surface area is 327 Å². The Hall–Kier alpha value is -5.56. The van der Waals surface area contributed by atoms with Crippen LogP contribution in [0.5, 0.6) is 0 Å². The lowest BCUT2D eigenvalue weighted by Gasteiger charge is -2.56. The molecule has 57 heavy (non-hydrogen) atoms. The van der Waals surface area contributed by atoms with Gasteiger partial charge in [-0.2, -0.15) is 23.5 Å². The van der Waals surface area contributed by atoms with Gasteiger partial charge in [-0.3, -0.25) is 38.9 Å². The van der Waals surface area contributed by atoms with Crippen molar-refractivity contribution >= 4 is 40.9 Å². The number of alkyl halides is 3. The monoisotopic (exact) mass is 784 g/mol. The summed E-state index contributed by atoms with van der Waals surface area (Å²) in [6.45, 7) is 6.89. The Morgan fingerprint density at radius 2 is 1.65 bits per heavy atom. The molecule has 13 nitrogen and oxygen atoms in total. The molecule has 3 saturated heterocycles. The number of benzene rings is 2. The predicted octanol–water partition coefficient (Wildman–Crippen LogP) is 5.18. The first-order valence-corrected chi connectivity index (χ1v) is 19.4. The largest absolute Gasteiger partial charge is 0.417 e. The Balaban J connectivity index is 0.815. The van der Waals surface area contributed by atoms with E-state index in [2.05, 4.69) is 25.5 Å². The second-order valence-electron chi connectivity index (χ2n) is 16.6. The first kappa shape index (κ1) is 38.3. The molecule has 5 amide bonds. The van der Waals surface area contributed by atoms with Crippen LogP contribution < -0.4 is 15.5 Å². The fourth-order valence-corrected chi connectivity index (χ4v) is 9.29. The molecule has 3 aromatic rings. The van der Waals surface area contributed by atoms with Crippen LogP contribution in [0, 0.1) is 16.7 Å². The van der Waals surface area contributed by atoms with Crippen molar-refractivity contribution in [3.63, 3.8) is 0 Å². The standard InChI is InChI=1S/C41H43F3N8O5/c1-39(2,38(57)47-27-4-3-25(21-45)32(17-27)41(42,43)44)51-23-26(22-46-51)24-9-13-49(14-10-24)29-19-40(20-29)11-15-50(16-12-40)28-5-6-30-31(18-28)37(56)52(36(30)55)33-7-8-34(53)48-35(33)54/h3-6,17-18,22-24,29,33H,7-16,19-20H2,1-2H3,(H,47,57)(H,48,53,54). The van der Waals surface area contributed by atoms with Gasteiger partial charge in [-0.15, -0.1) is 0 Å². The van der Waals surface area contributed by atoms with Gasteiger partial charge in [0.15, 0.2) is 0 Å². The van der Waals surface area contributed by atoms with Gasteiger partial charge in [0, 0.05) is 43.1 Å². The van der Waals surface area contributed by atoms with Crippen LogP contribution in [0.4, 0.5) is 24.5 Å². The number of fused-ring (bicyclic) bond motifs is 1. The van der Waals surface area contributed by atoms with E-state index in [1.54, 1.807) is 42.9 Å². The molecule has 1 atom stereocenters. The van der Waals surface area contributed by atoms with E-state index in [0.717, 1.165) is 93.0 Å². The van der Waals surface area contributed by atoms with E-state index in [1.165, 1.54) is 6.07 Å². The molecular formula is C41H43F3N8O5. The molecule has 5 heterocycles. The Kier molecular flexibility index (Phi) is 9.49. The van der Waals surface area contributed by atoms with Gasteiger partial charge >= 0.3 is 6.18 Å². The topological polar surface area (TPSA) is 161 Å². The number of hydrogen-bond acceptors (Lipinski definition) is 9. The summed E-state index contributed by atoms with van der Waals surface area (Å²) in [6, 6.07) is 9.48. The highest BCUT2D eigenvalue weighted by Crippen LogP contribution is 2.52. The predicted molar refractivity (Wildman–Crippen MR) is 200 cm³/mol. The average molecular weight is 785 g/mol. The third-order valence-corrected chi connectivity index (χ3v) is 12.9. The van der Waals surface area contributed by atoms with Crippen molar-refractivity contribution in [2.24, 2.45) is 5.41 Å². The van der Waals surface area contributed by atoms with Gasteiger partial charge in [0.1, 0.15) is 11.6 Å². The number of rotatable bonds is 7. The number of likely N-dealkylation sites (tertiary alicyclic amines) is 1. The van der Waals surface area contributed by atoms with Gasteiger partial charge in [-0.25, -0.2) is 0 Å². The number of nitriles is 1. The van der Waals surface area contributed by atoms with Gasteiger partial charge in [0.05, 0.1) is 34.5 Å². The van der Waals surface area contributed by atoms with Crippen molar-refractivity contribution in [2.45, 2.75) is 94.9 Å². The maximum absolute atomic E-state index is 13.5. The summed E-state index contributed by atoms with van der Waals surface area (Å²) >= 11 is 0. The second kappa shape index (κ2) is 14.1. The van der Waals surface area contributed by atoms with Crippen LogP contribution in [-0.4, -0.2) is 87.4 Å². The number of amides is 5. The Bertz CT molecular complexity index is 2200. The molecule has 2 aromatic carbocycles. The van der Waals surface area contributed by atoms with E-state index in [-0.39, 0.29) is 35.4 Å². The van der Waals surface area contributed by atoms with E-state index in [0.29, 0.717) is 11.6 Å². The molecule has 16 heteroatoms. The smallest absolute Gasteiger partial charge is 0.371 e. The third-order valence-electron chi connectivity index (χ3n) is 12.9. The molecule has 8 rings (SSSR count). The highest BCUT2D eigenvalue weighted by molar-refractivity contribution is 6.23. The zero-order valence-electron chi connectivity index (χ0n) is 31.7. The van der Waals surface area contributed by atoms with Crippen LogP contribution in [0.3, 0.4) is 0 Å². The van der Waals surface area contributed by atoms with Gasteiger partial charge < -0.3 is 15.1 Å². The van der Waals surface area contributed by atoms with Gasteiger partial charge in [0.2, 0.25) is 11.8 Å². The number of imide groups is 2. The lowest BCUT2D eigenvalue weighted by Crippen LogP contribution is -2.56. The molecule has 1 aliphatic carbocycles. The minimum Gasteiger partial charge on any atom is -0.371 e. The number of nitrogens with zero attached hydrogens (tertiary/aromatic N) is 6. The number of aromatic nitrogens is 2. The summed E-state index contributed by atoms with van der Waals surface area (Å²) < 4.78 is 42.0. The highest BCUT2D eigenvalue weighted by atomic mass is 19.4. The van der Waals surface area contributed by atoms with Crippen LogP contribution in [0.25, 0.3) is 0 Å². The molecule has 0 bridgehead atoms.